The van der Waals surface area contributed by atoms with Crippen molar-refractivity contribution < 1.29 is 8.42 Å². The minimum Gasteiger partial charge on any atom is -0.314 e. The third-order valence-electron chi connectivity index (χ3n) is 2.63. The maximum atomic E-state index is 11.7. The van der Waals surface area contributed by atoms with Crippen LogP contribution in [0.3, 0.4) is 0 Å². The lowest BCUT2D eigenvalue weighted by molar-refractivity contribution is 0.561. The van der Waals surface area contributed by atoms with Crippen LogP contribution in [0.4, 0.5) is 0 Å². The van der Waals surface area contributed by atoms with Crippen LogP contribution in [0.5, 0.6) is 0 Å². The van der Waals surface area contributed by atoms with Crippen LogP contribution in [0.1, 0.15) is 25.8 Å². The lowest BCUT2D eigenvalue weighted by Crippen LogP contribution is -2.31. The summed E-state index contributed by atoms with van der Waals surface area (Å²) in [6, 6.07) is 4.17. The lowest BCUT2D eigenvalue weighted by atomic mass is 10.2. The summed E-state index contributed by atoms with van der Waals surface area (Å²) in [6.45, 7) is 5.25. The Bertz CT molecular complexity index is 446. The zero-order chi connectivity index (χ0) is 14.1. The van der Waals surface area contributed by atoms with Crippen LogP contribution in [-0.2, 0) is 16.4 Å². The van der Waals surface area contributed by atoms with Gasteiger partial charge in [-0.25, -0.2) is 13.1 Å². The number of pyridine rings is 1. The molecule has 0 aliphatic rings. The highest BCUT2D eigenvalue weighted by molar-refractivity contribution is 7.89. The van der Waals surface area contributed by atoms with E-state index < -0.39 is 10.0 Å². The van der Waals surface area contributed by atoms with Gasteiger partial charge in [0.25, 0.3) is 0 Å². The Morgan fingerprint density at radius 3 is 2.53 bits per heavy atom. The van der Waals surface area contributed by atoms with E-state index in [0.29, 0.717) is 25.4 Å². The van der Waals surface area contributed by atoms with Crippen LogP contribution < -0.4 is 10.0 Å². The number of sulfonamides is 1. The molecule has 0 aliphatic carbocycles. The fourth-order valence-corrected chi connectivity index (χ4v) is 2.71. The van der Waals surface area contributed by atoms with Crippen molar-refractivity contribution in [2.24, 2.45) is 0 Å². The summed E-state index contributed by atoms with van der Waals surface area (Å²) < 4.78 is 26.0. The van der Waals surface area contributed by atoms with Crippen molar-refractivity contribution in [2.45, 2.75) is 32.7 Å². The van der Waals surface area contributed by atoms with Crippen LogP contribution >= 0.6 is 0 Å². The summed E-state index contributed by atoms with van der Waals surface area (Å²) in [6.07, 6.45) is 4.73. The van der Waals surface area contributed by atoms with Gasteiger partial charge in [0.15, 0.2) is 0 Å². The second kappa shape index (κ2) is 8.24. The molecular weight excluding hydrogens is 262 g/mol. The standard InChI is InChI=1S/C13H23N3O2S/c1-12(2)15-7-3-11-19(17,18)16-10-6-13-4-8-14-9-5-13/h4-5,8-9,12,15-16H,3,6-7,10-11H2,1-2H3. The molecule has 0 atom stereocenters. The van der Waals surface area contributed by atoms with E-state index in [4.69, 9.17) is 0 Å². The molecule has 0 spiro atoms. The summed E-state index contributed by atoms with van der Waals surface area (Å²) in [5.41, 5.74) is 1.08. The van der Waals surface area contributed by atoms with Crippen molar-refractivity contribution in [1.82, 2.24) is 15.0 Å². The van der Waals surface area contributed by atoms with Crippen LogP contribution in [0, 0.1) is 0 Å². The molecule has 0 aromatic carbocycles. The Kier molecular flexibility index (Phi) is 6.97. The van der Waals surface area contributed by atoms with E-state index in [1.54, 1.807) is 12.4 Å². The van der Waals surface area contributed by atoms with E-state index in [0.717, 1.165) is 12.1 Å². The van der Waals surface area contributed by atoms with Gasteiger partial charge in [-0.05, 0) is 37.1 Å². The van der Waals surface area contributed by atoms with Gasteiger partial charge in [0.2, 0.25) is 10.0 Å². The highest BCUT2D eigenvalue weighted by Crippen LogP contribution is 1.97. The van der Waals surface area contributed by atoms with E-state index in [-0.39, 0.29) is 5.75 Å². The number of nitrogens with one attached hydrogen (secondary N) is 2. The average molecular weight is 285 g/mol. The first-order valence-electron chi connectivity index (χ1n) is 6.59. The topological polar surface area (TPSA) is 71.1 Å². The van der Waals surface area contributed by atoms with Gasteiger partial charge in [-0.2, -0.15) is 0 Å². The van der Waals surface area contributed by atoms with Crippen molar-refractivity contribution in [2.75, 3.05) is 18.8 Å². The SMILES string of the molecule is CC(C)NCCCS(=O)(=O)NCCc1ccncc1. The Morgan fingerprint density at radius 2 is 1.89 bits per heavy atom. The molecule has 1 aromatic rings. The minimum atomic E-state index is -3.16. The minimum absolute atomic E-state index is 0.170. The molecule has 0 amide bonds. The Hall–Kier alpha value is -0.980. The Labute approximate surface area is 115 Å². The highest BCUT2D eigenvalue weighted by Gasteiger charge is 2.08. The summed E-state index contributed by atoms with van der Waals surface area (Å²) in [5, 5.41) is 3.20. The molecule has 0 aliphatic heterocycles. The average Bonchev–Trinajstić information content (AvgIpc) is 2.36. The lowest BCUT2D eigenvalue weighted by Gasteiger charge is -2.09. The van der Waals surface area contributed by atoms with Gasteiger partial charge in [0, 0.05) is 25.0 Å². The van der Waals surface area contributed by atoms with Crippen molar-refractivity contribution >= 4 is 10.0 Å². The molecule has 5 nitrogen and oxygen atoms in total. The molecule has 0 unspecified atom stereocenters. The molecule has 1 aromatic heterocycles. The maximum Gasteiger partial charge on any atom is 0.211 e. The van der Waals surface area contributed by atoms with E-state index in [1.807, 2.05) is 26.0 Å². The monoisotopic (exact) mass is 285 g/mol. The van der Waals surface area contributed by atoms with Crippen LogP contribution in [-0.4, -0.2) is 38.3 Å². The molecule has 0 saturated carbocycles. The summed E-state index contributed by atoms with van der Waals surface area (Å²) in [4.78, 5) is 3.92. The van der Waals surface area contributed by atoms with Gasteiger partial charge < -0.3 is 5.32 Å². The second-order valence-electron chi connectivity index (χ2n) is 4.78. The fraction of sp³-hybridized carbons (Fsp3) is 0.615. The van der Waals surface area contributed by atoms with Crippen molar-refractivity contribution in [3.63, 3.8) is 0 Å². The van der Waals surface area contributed by atoms with E-state index in [9.17, 15) is 8.42 Å². The number of aromatic nitrogens is 1. The number of nitrogens with zero attached hydrogens (tertiary/aromatic N) is 1. The normalized spacial score (nSPS) is 11.9. The zero-order valence-corrected chi connectivity index (χ0v) is 12.4. The summed E-state index contributed by atoms with van der Waals surface area (Å²) in [5.74, 6) is 0.170. The molecule has 0 fully saturated rings. The predicted molar refractivity (Wildman–Crippen MR) is 77.5 cm³/mol. The van der Waals surface area contributed by atoms with Gasteiger partial charge in [-0.3, -0.25) is 4.98 Å². The molecule has 2 N–H and O–H groups in total. The van der Waals surface area contributed by atoms with Crippen LogP contribution in [0.2, 0.25) is 0 Å². The third kappa shape index (κ3) is 7.92. The van der Waals surface area contributed by atoms with E-state index in [2.05, 4.69) is 15.0 Å². The van der Waals surface area contributed by atoms with Crippen molar-refractivity contribution in [1.29, 1.82) is 0 Å². The first-order valence-corrected chi connectivity index (χ1v) is 8.24. The fourth-order valence-electron chi connectivity index (χ4n) is 1.63. The molecule has 1 heterocycles. The molecular formula is C13H23N3O2S. The van der Waals surface area contributed by atoms with Crippen LogP contribution in [0.25, 0.3) is 0 Å². The molecule has 0 radical (unpaired) electrons. The summed E-state index contributed by atoms with van der Waals surface area (Å²) in [7, 11) is -3.16. The highest BCUT2D eigenvalue weighted by atomic mass is 32.2. The van der Waals surface area contributed by atoms with Gasteiger partial charge in [-0.15, -0.1) is 0 Å². The molecule has 19 heavy (non-hydrogen) atoms. The molecule has 6 heteroatoms. The predicted octanol–water partition coefficient (Wildman–Crippen LogP) is 0.932. The maximum absolute atomic E-state index is 11.7. The number of hydrogen-bond acceptors (Lipinski definition) is 4. The van der Waals surface area contributed by atoms with Gasteiger partial charge in [0.1, 0.15) is 0 Å². The largest absolute Gasteiger partial charge is 0.314 e. The molecule has 0 bridgehead atoms. The Balaban J connectivity index is 2.20. The molecule has 1 rings (SSSR count). The molecule has 108 valence electrons. The van der Waals surface area contributed by atoms with Gasteiger partial charge >= 0.3 is 0 Å². The van der Waals surface area contributed by atoms with Gasteiger partial charge in [-0.1, -0.05) is 13.8 Å². The smallest absolute Gasteiger partial charge is 0.211 e. The third-order valence-corrected chi connectivity index (χ3v) is 4.10. The second-order valence-corrected chi connectivity index (χ2v) is 6.71. The van der Waals surface area contributed by atoms with Gasteiger partial charge in [0.05, 0.1) is 5.75 Å². The van der Waals surface area contributed by atoms with E-state index >= 15 is 0 Å². The summed E-state index contributed by atoms with van der Waals surface area (Å²) >= 11 is 0. The Morgan fingerprint density at radius 1 is 1.21 bits per heavy atom. The van der Waals surface area contributed by atoms with Crippen molar-refractivity contribution in [3.8, 4) is 0 Å². The first-order chi connectivity index (χ1) is 8.99. The molecule has 0 saturated heterocycles. The quantitative estimate of drug-likeness (QED) is 0.662. The number of rotatable bonds is 9. The number of hydrogen-bond donors (Lipinski definition) is 2. The first kappa shape index (κ1) is 16.1. The van der Waals surface area contributed by atoms with Crippen molar-refractivity contribution in [3.05, 3.63) is 30.1 Å². The zero-order valence-electron chi connectivity index (χ0n) is 11.6. The van der Waals surface area contributed by atoms with E-state index in [1.165, 1.54) is 0 Å². The van der Waals surface area contributed by atoms with Crippen LogP contribution in [0.15, 0.2) is 24.5 Å².